The zero-order valence-corrected chi connectivity index (χ0v) is 17.6. The summed E-state index contributed by atoms with van der Waals surface area (Å²) in [6, 6.07) is 6.99. The van der Waals surface area contributed by atoms with Crippen LogP contribution in [0.4, 0.5) is 0 Å². The molecule has 0 radical (unpaired) electrons. The van der Waals surface area contributed by atoms with Crippen molar-refractivity contribution in [3.05, 3.63) is 33.6 Å². The van der Waals surface area contributed by atoms with Crippen molar-refractivity contribution in [1.82, 2.24) is 14.9 Å². The van der Waals surface area contributed by atoms with Gasteiger partial charge in [0.1, 0.15) is 5.54 Å². The molecule has 27 heavy (non-hydrogen) atoms. The van der Waals surface area contributed by atoms with Gasteiger partial charge < -0.3 is 5.32 Å². The van der Waals surface area contributed by atoms with Gasteiger partial charge in [0, 0.05) is 11.1 Å². The second kappa shape index (κ2) is 8.32. The van der Waals surface area contributed by atoms with Crippen LogP contribution in [0.25, 0.3) is 10.9 Å². The van der Waals surface area contributed by atoms with Gasteiger partial charge in [-0.15, -0.1) is 0 Å². The number of halogens is 1. The normalized spacial score (nSPS) is 13.6. The van der Waals surface area contributed by atoms with Crippen LogP contribution in [0.3, 0.4) is 0 Å². The summed E-state index contributed by atoms with van der Waals surface area (Å²) in [5, 5.41) is 13.5. The molecule has 0 aliphatic carbocycles. The van der Waals surface area contributed by atoms with Crippen LogP contribution >= 0.6 is 23.4 Å². The van der Waals surface area contributed by atoms with E-state index < -0.39 is 5.54 Å². The minimum Gasteiger partial charge on any atom is -0.337 e. The molecule has 0 aliphatic heterocycles. The van der Waals surface area contributed by atoms with Crippen LogP contribution in [0.5, 0.6) is 0 Å². The summed E-state index contributed by atoms with van der Waals surface area (Å²) in [5.41, 5.74) is -0.616. The van der Waals surface area contributed by atoms with Crippen molar-refractivity contribution in [3.63, 3.8) is 0 Å². The minimum absolute atomic E-state index is 0.0359. The predicted octanol–water partition coefficient (Wildman–Crippen LogP) is 3.78. The second-order valence-electron chi connectivity index (χ2n) is 7.13. The van der Waals surface area contributed by atoms with Crippen molar-refractivity contribution >= 4 is 40.2 Å². The Kier molecular flexibility index (Phi) is 6.55. The fourth-order valence-electron chi connectivity index (χ4n) is 2.47. The SMILES string of the molecule is CC(C)n1c(SCC(=O)N[C@](C)(C#N)C(C)C)nc2cc(Cl)ccc2c1=O. The number of amides is 1. The van der Waals surface area contributed by atoms with E-state index in [4.69, 9.17) is 11.6 Å². The largest absolute Gasteiger partial charge is 0.337 e. The Hall–Kier alpha value is -2.04. The molecular weight excluding hydrogens is 384 g/mol. The molecule has 0 aliphatic rings. The van der Waals surface area contributed by atoms with Crippen LogP contribution in [-0.2, 0) is 4.79 Å². The minimum atomic E-state index is -0.945. The van der Waals surface area contributed by atoms with Crippen LogP contribution in [0, 0.1) is 17.2 Å². The zero-order valence-electron chi connectivity index (χ0n) is 16.0. The van der Waals surface area contributed by atoms with E-state index in [9.17, 15) is 14.9 Å². The van der Waals surface area contributed by atoms with Crippen LogP contribution < -0.4 is 10.9 Å². The lowest BCUT2D eigenvalue weighted by atomic mass is 9.90. The lowest BCUT2D eigenvalue weighted by Crippen LogP contribution is -2.49. The molecule has 1 atom stereocenters. The molecule has 1 aromatic carbocycles. The Morgan fingerprint density at radius 2 is 2.07 bits per heavy atom. The maximum absolute atomic E-state index is 12.8. The van der Waals surface area contributed by atoms with Gasteiger partial charge >= 0.3 is 0 Å². The number of nitriles is 1. The fourth-order valence-corrected chi connectivity index (χ4v) is 3.56. The van der Waals surface area contributed by atoms with E-state index in [-0.39, 0.29) is 29.2 Å². The summed E-state index contributed by atoms with van der Waals surface area (Å²) in [4.78, 5) is 29.7. The molecule has 2 aromatic rings. The van der Waals surface area contributed by atoms with Crippen molar-refractivity contribution < 1.29 is 4.79 Å². The number of nitrogens with one attached hydrogen (secondary N) is 1. The average Bonchev–Trinajstić information content (AvgIpc) is 2.58. The van der Waals surface area contributed by atoms with Crippen LogP contribution in [0.15, 0.2) is 28.2 Å². The van der Waals surface area contributed by atoms with E-state index in [1.54, 1.807) is 29.7 Å². The summed E-state index contributed by atoms with van der Waals surface area (Å²) in [5.74, 6) is -0.269. The number of fused-ring (bicyclic) bond motifs is 1. The van der Waals surface area contributed by atoms with Gasteiger partial charge in [0.15, 0.2) is 5.16 Å². The number of hydrogen-bond donors (Lipinski definition) is 1. The Morgan fingerprint density at radius 1 is 1.41 bits per heavy atom. The molecule has 1 amide bonds. The molecule has 0 fully saturated rings. The predicted molar refractivity (Wildman–Crippen MR) is 109 cm³/mol. The third-order valence-electron chi connectivity index (χ3n) is 4.47. The van der Waals surface area contributed by atoms with Gasteiger partial charge in [-0.05, 0) is 44.9 Å². The first-order chi connectivity index (χ1) is 12.6. The number of hydrogen-bond acceptors (Lipinski definition) is 5. The monoisotopic (exact) mass is 406 g/mol. The first kappa shape index (κ1) is 21.3. The molecule has 2 rings (SSSR count). The van der Waals surface area contributed by atoms with Gasteiger partial charge in [-0.1, -0.05) is 37.2 Å². The summed E-state index contributed by atoms with van der Waals surface area (Å²) in [6.45, 7) is 9.23. The molecule has 8 heteroatoms. The molecule has 0 saturated carbocycles. The molecule has 6 nitrogen and oxygen atoms in total. The molecule has 1 heterocycles. The zero-order chi connectivity index (χ0) is 20.4. The van der Waals surface area contributed by atoms with Gasteiger partial charge in [0.2, 0.25) is 5.91 Å². The lowest BCUT2D eigenvalue weighted by molar-refractivity contribution is -0.120. The van der Waals surface area contributed by atoms with Crippen molar-refractivity contribution in [2.45, 2.75) is 51.4 Å². The standard InChI is InChI=1S/C19H23ClN4O2S/c1-11(2)19(5,10-21)23-16(25)9-27-18-22-15-8-13(20)6-7-14(15)17(26)24(18)12(3)4/h6-8,11-12H,9H2,1-5H3,(H,23,25)/t19-/m1/s1. The van der Waals surface area contributed by atoms with Crippen molar-refractivity contribution in [3.8, 4) is 6.07 Å². The van der Waals surface area contributed by atoms with Crippen molar-refractivity contribution in [1.29, 1.82) is 5.26 Å². The summed E-state index contributed by atoms with van der Waals surface area (Å²) in [6.07, 6.45) is 0. The molecule has 1 aromatic heterocycles. The van der Waals surface area contributed by atoms with Gasteiger partial charge in [0.25, 0.3) is 5.56 Å². The van der Waals surface area contributed by atoms with Gasteiger partial charge in [-0.2, -0.15) is 5.26 Å². The lowest BCUT2D eigenvalue weighted by Gasteiger charge is -2.27. The smallest absolute Gasteiger partial charge is 0.262 e. The van der Waals surface area contributed by atoms with Crippen molar-refractivity contribution in [2.24, 2.45) is 5.92 Å². The van der Waals surface area contributed by atoms with Crippen molar-refractivity contribution in [2.75, 3.05) is 5.75 Å². The Balaban J connectivity index is 2.33. The number of carbonyl (C=O) groups is 1. The van der Waals surface area contributed by atoms with E-state index in [1.165, 1.54) is 11.8 Å². The third kappa shape index (κ3) is 4.63. The molecule has 0 saturated heterocycles. The summed E-state index contributed by atoms with van der Waals surface area (Å²) in [7, 11) is 0. The number of aromatic nitrogens is 2. The maximum atomic E-state index is 12.8. The molecule has 0 spiro atoms. The Bertz CT molecular complexity index is 965. The number of nitrogens with zero attached hydrogens (tertiary/aromatic N) is 3. The van der Waals surface area contributed by atoms with E-state index in [2.05, 4.69) is 16.4 Å². The van der Waals surface area contributed by atoms with E-state index in [1.807, 2.05) is 27.7 Å². The van der Waals surface area contributed by atoms with Crippen LogP contribution in [0.1, 0.15) is 40.7 Å². The first-order valence-electron chi connectivity index (χ1n) is 8.66. The molecule has 0 bridgehead atoms. The Morgan fingerprint density at radius 3 is 2.63 bits per heavy atom. The average molecular weight is 407 g/mol. The highest BCUT2D eigenvalue weighted by atomic mass is 35.5. The van der Waals surface area contributed by atoms with Crippen LogP contribution in [-0.4, -0.2) is 26.8 Å². The number of rotatable bonds is 6. The van der Waals surface area contributed by atoms with E-state index >= 15 is 0 Å². The van der Waals surface area contributed by atoms with Crippen LogP contribution in [0.2, 0.25) is 5.02 Å². The number of thioether (sulfide) groups is 1. The highest BCUT2D eigenvalue weighted by Gasteiger charge is 2.30. The molecule has 0 unspecified atom stereocenters. The van der Waals surface area contributed by atoms with Gasteiger partial charge in [-0.3, -0.25) is 14.2 Å². The topological polar surface area (TPSA) is 87.8 Å². The number of benzene rings is 1. The highest BCUT2D eigenvalue weighted by Crippen LogP contribution is 2.23. The Labute approximate surface area is 167 Å². The molecule has 1 N–H and O–H groups in total. The highest BCUT2D eigenvalue weighted by molar-refractivity contribution is 7.99. The molecular formula is C19H23ClN4O2S. The van der Waals surface area contributed by atoms with E-state index in [0.29, 0.717) is 21.1 Å². The van der Waals surface area contributed by atoms with Gasteiger partial charge in [0.05, 0.1) is 22.7 Å². The van der Waals surface area contributed by atoms with Gasteiger partial charge in [-0.25, -0.2) is 4.98 Å². The molecule has 144 valence electrons. The second-order valence-corrected chi connectivity index (χ2v) is 8.51. The number of carbonyl (C=O) groups excluding carboxylic acids is 1. The first-order valence-corrected chi connectivity index (χ1v) is 10.0. The summed E-state index contributed by atoms with van der Waals surface area (Å²) >= 11 is 7.19. The van der Waals surface area contributed by atoms with E-state index in [0.717, 1.165) is 0 Å². The third-order valence-corrected chi connectivity index (χ3v) is 5.65. The maximum Gasteiger partial charge on any atom is 0.262 e. The fraction of sp³-hybridized carbons (Fsp3) is 0.474. The quantitative estimate of drug-likeness (QED) is 0.582. The summed E-state index contributed by atoms with van der Waals surface area (Å²) < 4.78 is 1.57.